The van der Waals surface area contributed by atoms with Crippen molar-refractivity contribution in [2.24, 2.45) is 0 Å². The van der Waals surface area contributed by atoms with Crippen LogP contribution in [0.25, 0.3) is 21.1 Å². The largest absolute Gasteiger partial charge is 0.393 e. The van der Waals surface area contributed by atoms with Gasteiger partial charge in [-0.15, -0.1) is 11.3 Å². The van der Waals surface area contributed by atoms with Gasteiger partial charge in [0.2, 0.25) is 0 Å². The predicted octanol–water partition coefficient (Wildman–Crippen LogP) is 7.04. The molecular weight excluding hydrogens is 554 g/mol. The molecular formula is C27H26F6N6S. The van der Waals surface area contributed by atoms with Gasteiger partial charge < -0.3 is 9.88 Å². The average molecular weight is 581 g/mol. The molecule has 13 heteroatoms. The van der Waals surface area contributed by atoms with Crippen molar-refractivity contribution in [2.45, 2.75) is 63.6 Å². The Morgan fingerprint density at radius 3 is 2.50 bits per heavy atom. The Kier molecular flexibility index (Phi) is 7.92. The first-order chi connectivity index (χ1) is 19.0. The summed E-state index contributed by atoms with van der Waals surface area (Å²) in [6, 6.07) is 11.2. The van der Waals surface area contributed by atoms with E-state index in [1.165, 1.54) is 12.4 Å². The molecule has 0 bridgehead atoms. The van der Waals surface area contributed by atoms with Crippen molar-refractivity contribution in [2.75, 3.05) is 18.4 Å². The molecule has 212 valence electrons. The number of piperidine rings is 1. The van der Waals surface area contributed by atoms with E-state index in [9.17, 15) is 31.6 Å². The first kappa shape index (κ1) is 28.2. The molecule has 0 amide bonds. The van der Waals surface area contributed by atoms with Gasteiger partial charge in [0, 0.05) is 54.4 Å². The van der Waals surface area contributed by atoms with Crippen LogP contribution in [0.1, 0.15) is 41.8 Å². The zero-order valence-electron chi connectivity index (χ0n) is 21.3. The summed E-state index contributed by atoms with van der Waals surface area (Å²) in [5.41, 5.74) is 2.13. The number of halogens is 6. The number of anilines is 1. The van der Waals surface area contributed by atoms with Crippen molar-refractivity contribution in [3.05, 3.63) is 52.8 Å². The summed E-state index contributed by atoms with van der Waals surface area (Å²) in [6.45, 7) is 2.41. The molecule has 1 aliphatic rings. The molecule has 3 aromatic heterocycles. The number of nitrogens with one attached hydrogen (secondary N) is 1. The predicted molar refractivity (Wildman–Crippen MR) is 141 cm³/mol. The highest BCUT2D eigenvalue weighted by Gasteiger charge is 2.29. The summed E-state index contributed by atoms with van der Waals surface area (Å²) < 4.78 is 77.9. The monoisotopic (exact) mass is 580 g/mol. The van der Waals surface area contributed by atoms with Crippen molar-refractivity contribution in [3.63, 3.8) is 0 Å². The highest BCUT2D eigenvalue weighted by Crippen LogP contribution is 2.33. The van der Waals surface area contributed by atoms with Gasteiger partial charge in [-0.2, -0.15) is 31.6 Å². The van der Waals surface area contributed by atoms with E-state index in [1.54, 1.807) is 10.6 Å². The molecule has 0 saturated carbocycles. The number of nitriles is 1. The van der Waals surface area contributed by atoms with Crippen LogP contribution in [-0.4, -0.2) is 50.9 Å². The molecule has 0 atom stereocenters. The lowest BCUT2D eigenvalue weighted by atomic mass is 10.0. The molecule has 1 saturated heterocycles. The molecule has 0 unspecified atom stereocenters. The minimum absolute atomic E-state index is 0.0889. The third-order valence-corrected chi connectivity index (χ3v) is 8.06. The fourth-order valence-corrected chi connectivity index (χ4v) is 6.21. The summed E-state index contributed by atoms with van der Waals surface area (Å²) in [4.78, 5) is 11.4. The van der Waals surface area contributed by atoms with Crippen LogP contribution in [0.4, 0.5) is 32.2 Å². The molecule has 0 aliphatic carbocycles. The number of nitrogens with zero attached hydrogens (tertiary/aromatic N) is 5. The second-order valence-electron chi connectivity index (χ2n) is 10.0. The molecule has 0 spiro atoms. The zero-order valence-corrected chi connectivity index (χ0v) is 22.1. The van der Waals surface area contributed by atoms with Crippen LogP contribution in [-0.2, 0) is 19.5 Å². The Bertz CT molecular complexity index is 1520. The van der Waals surface area contributed by atoms with Gasteiger partial charge in [-0.05, 0) is 49.1 Å². The van der Waals surface area contributed by atoms with E-state index >= 15 is 0 Å². The first-order valence-corrected chi connectivity index (χ1v) is 13.7. The number of hydrogen-bond donors (Lipinski definition) is 1. The van der Waals surface area contributed by atoms with Gasteiger partial charge in [0.25, 0.3) is 0 Å². The molecule has 1 N–H and O–H groups in total. The van der Waals surface area contributed by atoms with Gasteiger partial charge in [0.15, 0.2) is 0 Å². The van der Waals surface area contributed by atoms with Crippen LogP contribution in [0.3, 0.4) is 0 Å². The number of likely N-dealkylation sites (tertiary alicyclic amines) is 1. The van der Waals surface area contributed by atoms with Crippen molar-refractivity contribution in [1.29, 1.82) is 5.26 Å². The molecule has 1 aliphatic heterocycles. The van der Waals surface area contributed by atoms with Crippen LogP contribution >= 0.6 is 11.3 Å². The minimum Gasteiger partial charge on any atom is -0.367 e. The van der Waals surface area contributed by atoms with Gasteiger partial charge in [-0.1, -0.05) is 6.07 Å². The number of alkyl halides is 6. The standard InChI is InChI=1S/C27H26F6N6S/c28-26(29,30)6-1-7-39-20(14-34)11-18-10-17(2-3-23(18)39)15-38-8-4-19(5-9-38)37-24-22-12-21(13-27(31,32)33)40-25(22)36-16-35-24/h2-3,10-12,16,19H,1,4-9,13,15H2,(H,35,36,37). The van der Waals surface area contributed by atoms with E-state index in [2.05, 4.69) is 26.3 Å². The number of aromatic nitrogens is 3. The second kappa shape index (κ2) is 11.2. The van der Waals surface area contributed by atoms with Gasteiger partial charge in [-0.3, -0.25) is 4.90 Å². The highest BCUT2D eigenvalue weighted by molar-refractivity contribution is 7.18. The van der Waals surface area contributed by atoms with Gasteiger partial charge in [0.1, 0.15) is 28.7 Å². The average Bonchev–Trinajstić information content (AvgIpc) is 3.44. The molecule has 4 aromatic rings. The van der Waals surface area contributed by atoms with Crippen LogP contribution in [0.2, 0.25) is 0 Å². The Morgan fingerprint density at radius 2 is 1.80 bits per heavy atom. The van der Waals surface area contributed by atoms with Crippen molar-refractivity contribution in [1.82, 2.24) is 19.4 Å². The molecule has 40 heavy (non-hydrogen) atoms. The quantitative estimate of drug-likeness (QED) is 0.227. The van der Waals surface area contributed by atoms with E-state index in [0.717, 1.165) is 53.7 Å². The molecule has 1 fully saturated rings. The maximum Gasteiger partial charge on any atom is 0.393 e. The Hall–Kier alpha value is -3.37. The Balaban J connectivity index is 1.19. The number of hydrogen-bond acceptors (Lipinski definition) is 6. The number of benzene rings is 1. The summed E-state index contributed by atoms with van der Waals surface area (Å²) in [5.74, 6) is 0.548. The topological polar surface area (TPSA) is 69.8 Å². The van der Waals surface area contributed by atoms with Gasteiger partial charge in [-0.25, -0.2) is 9.97 Å². The van der Waals surface area contributed by atoms with E-state index in [0.29, 0.717) is 28.3 Å². The summed E-state index contributed by atoms with van der Waals surface area (Å²) in [6.07, 6.45) is -7.47. The minimum atomic E-state index is -4.28. The summed E-state index contributed by atoms with van der Waals surface area (Å²) >= 11 is 1.03. The molecule has 0 radical (unpaired) electrons. The van der Waals surface area contributed by atoms with Gasteiger partial charge >= 0.3 is 12.4 Å². The van der Waals surface area contributed by atoms with Crippen molar-refractivity contribution < 1.29 is 26.3 Å². The third kappa shape index (κ3) is 6.85. The SMILES string of the molecule is N#Cc1cc2cc(CN3CCC(Nc4ncnc5sc(CC(F)(F)F)cc45)CC3)ccc2n1CCCC(F)(F)F. The lowest BCUT2D eigenvalue weighted by Crippen LogP contribution is -2.38. The molecule has 5 rings (SSSR count). The molecule has 4 heterocycles. The zero-order chi connectivity index (χ0) is 28.5. The third-order valence-electron chi connectivity index (χ3n) is 7.01. The van der Waals surface area contributed by atoms with Crippen LogP contribution in [0.5, 0.6) is 0 Å². The molecule has 6 nitrogen and oxygen atoms in total. The maximum atomic E-state index is 12.8. The fourth-order valence-electron chi connectivity index (χ4n) is 5.18. The maximum absolute atomic E-state index is 12.8. The number of aryl methyl sites for hydroxylation is 1. The van der Waals surface area contributed by atoms with E-state index in [4.69, 9.17) is 0 Å². The second-order valence-corrected chi connectivity index (χ2v) is 11.2. The van der Waals surface area contributed by atoms with Crippen LogP contribution in [0, 0.1) is 11.3 Å². The highest BCUT2D eigenvalue weighted by atomic mass is 32.1. The lowest BCUT2D eigenvalue weighted by Gasteiger charge is -2.32. The van der Waals surface area contributed by atoms with E-state index in [1.807, 2.05) is 18.2 Å². The number of thiophene rings is 1. The van der Waals surface area contributed by atoms with Crippen molar-refractivity contribution in [3.8, 4) is 6.07 Å². The van der Waals surface area contributed by atoms with E-state index < -0.39 is 25.2 Å². The summed E-state index contributed by atoms with van der Waals surface area (Å²) in [5, 5.41) is 14.3. The van der Waals surface area contributed by atoms with Crippen LogP contribution < -0.4 is 5.32 Å². The number of fused-ring (bicyclic) bond motifs is 2. The number of rotatable bonds is 8. The normalized spacial score (nSPS) is 15.6. The molecule has 1 aromatic carbocycles. The Morgan fingerprint density at radius 1 is 1.02 bits per heavy atom. The summed E-state index contributed by atoms with van der Waals surface area (Å²) in [7, 11) is 0. The van der Waals surface area contributed by atoms with Gasteiger partial charge in [0.05, 0.1) is 11.8 Å². The first-order valence-electron chi connectivity index (χ1n) is 12.9. The van der Waals surface area contributed by atoms with Crippen molar-refractivity contribution >= 4 is 38.3 Å². The Labute approximate surface area is 230 Å². The fraction of sp³-hybridized carbons (Fsp3) is 0.444. The van der Waals surface area contributed by atoms with Crippen LogP contribution in [0.15, 0.2) is 36.7 Å². The lowest BCUT2D eigenvalue weighted by molar-refractivity contribution is -0.136. The smallest absolute Gasteiger partial charge is 0.367 e. The van der Waals surface area contributed by atoms with E-state index in [-0.39, 0.29) is 23.9 Å².